The molecule has 2 aromatic rings. The van der Waals surface area contributed by atoms with Crippen molar-refractivity contribution in [2.45, 2.75) is 26.2 Å². The van der Waals surface area contributed by atoms with Gasteiger partial charge in [0.15, 0.2) is 0 Å². The molecule has 0 spiro atoms. The second-order valence-corrected chi connectivity index (χ2v) is 4.57. The minimum absolute atomic E-state index is 0.438. The van der Waals surface area contributed by atoms with Gasteiger partial charge in [0.2, 0.25) is 0 Å². The second kappa shape index (κ2) is 6.20. The minimum atomic E-state index is 0.438. The number of benzene rings is 2. The van der Waals surface area contributed by atoms with Crippen molar-refractivity contribution in [3.63, 3.8) is 0 Å². The minimum Gasteiger partial charge on any atom is -0.0804 e. The first-order valence-electron chi connectivity index (χ1n) is 6.63. The van der Waals surface area contributed by atoms with Crippen molar-refractivity contribution < 1.29 is 0 Å². The Kier molecular flexibility index (Phi) is 4.35. The van der Waals surface area contributed by atoms with E-state index in [-0.39, 0.29) is 0 Å². The van der Waals surface area contributed by atoms with Crippen LogP contribution in [-0.2, 0) is 0 Å². The van der Waals surface area contributed by atoms with Crippen LogP contribution in [0.3, 0.4) is 0 Å². The van der Waals surface area contributed by atoms with Crippen molar-refractivity contribution >= 4 is 5.57 Å². The molecule has 0 radical (unpaired) electrons. The highest BCUT2D eigenvalue weighted by Crippen LogP contribution is 2.31. The molecule has 18 heavy (non-hydrogen) atoms. The van der Waals surface area contributed by atoms with E-state index in [0.717, 1.165) is 6.42 Å². The van der Waals surface area contributed by atoms with Gasteiger partial charge < -0.3 is 0 Å². The molecule has 92 valence electrons. The Hall–Kier alpha value is -1.82. The van der Waals surface area contributed by atoms with Gasteiger partial charge in [0.1, 0.15) is 0 Å². The van der Waals surface area contributed by atoms with Crippen LogP contribution in [0.25, 0.3) is 5.57 Å². The molecule has 0 bridgehead atoms. The second-order valence-electron chi connectivity index (χ2n) is 4.57. The summed E-state index contributed by atoms with van der Waals surface area (Å²) in [6.07, 6.45) is 3.41. The van der Waals surface area contributed by atoms with E-state index in [1.807, 2.05) is 0 Å². The third-order valence-corrected chi connectivity index (χ3v) is 3.30. The quantitative estimate of drug-likeness (QED) is 0.677. The molecule has 0 heteroatoms. The van der Waals surface area contributed by atoms with Gasteiger partial charge in [0.05, 0.1) is 0 Å². The molecule has 0 saturated heterocycles. The molecule has 0 amide bonds. The normalized spacial score (nSPS) is 13.3. The molecular formula is C18H20. The monoisotopic (exact) mass is 236 g/mol. The van der Waals surface area contributed by atoms with E-state index in [2.05, 4.69) is 80.6 Å². The number of hydrogen-bond donors (Lipinski definition) is 0. The molecule has 2 aromatic carbocycles. The van der Waals surface area contributed by atoms with Gasteiger partial charge in [-0.2, -0.15) is 0 Å². The maximum atomic E-state index is 2.34. The Morgan fingerprint density at radius 3 is 2.06 bits per heavy atom. The van der Waals surface area contributed by atoms with E-state index in [1.54, 1.807) is 0 Å². The van der Waals surface area contributed by atoms with Crippen LogP contribution in [-0.4, -0.2) is 0 Å². The molecule has 0 saturated carbocycles. The Morgan fingerprint density at radius 1 is 0.944 bits per heavy atom. The van der Waals surface area contributed by atoms with Crippen molar-refractivity contribution in [2.75, 3.05) is 0 Å². The number of allylic oxidation sites excluding steroid dienone is 2. The summed E-state index contributed by atoms with van der Waals surface area (Å²) in [7, 11) is 0. The summed E-state index contributed by atoms with van der Waals surface area (Å²) in [5.41, 5.74) is 4.13. The molecule has 0 aliphatic rings. The van der Waals surface area contributed by atoms with Crippen LogP contribution in [0.2, 0.25) is 0 Å². The fraction of sp³-hybridized carbons (Fsp3) is 0.222. The molecule has 1 atom stereocenters. The third kappa shape index (κ3) is 2.89. The van der Waals surface area contributed by atoms with Gasteiger partial charge in [-0.1, -0.05) is 80.6 Å². The summed E-state index contributed by atoms with van der Waals surface area (Å²) in [5, 5.41) is 0. The van der Waals surface area contributed by atoms with Crippen molar-refractivity contribution in [3.05, 3.63) is 77.9 Å². The van der Waals surface area contributed by atoms with Gasteiger partial charge >= 0.3 is 0 Å². The summed E-state index contributed by atoms with van der Waals surface area (Å²) in [6, 6.07) is 21.4. The first kappa shape index (κ1) is 12.6. The first-order chi connectivity index (χ1) is 8.83. The van der Waals surface area contributed by atoms with Crippen LogP contribution in [0.4, 0.5) is 0 Å². The lowest BCUT2D eigenvalue weighted by atomic mass is 9.87. The summed E-state index contributed by atoms with van der Waals surface area (Å²) >= 11 is 0. The van der Waals surface area contributed by atoms with E-state index in [1.165, 1.54) is 16.7 Å². The van der Waals surface area contributed by atoms with E-state index in [0.29, 0.717) is 5.92 Å². The van der Waals surface area contributed by atoms with Crippen molar-refractivity contribution in [1.82, 2.24) is 0 Å². The van der Waals surface area contributed by atoms with Gasteiger partial charge in [-0.25, -0.2) is 0 Å². The lowest BCUT2D eigenvalue weighted by molar-refractivity contribution is 0.979. The van der Waals surface area contributed by atoms with Crippen LogP contribution < -0.4 is 0 Å². The first-order valence-corrected chi connectivity index (χ1v) is 6.63. The lowest BCUT2D eigenvalue weighted by Crippen LogP contribution is -1.97. The smallest absolute Gasteiger partial charge is 0.00637 e. The zero-order chi connectivity index (χ0) is 12.8. The third-order valence-electron chi connectivity index (χ3n) is 3.30. The Bertz CT molecular complexity index is 494. The van der Waals surface area contributed by atoms with Crippen LogP contribution in [0.15, 0.2) is 66.7 Å². The van der Waals surface area contributed by atoms with Crippen molar-refractivity contribution in [1.29, 1.82) is 0 Å². The molecule has 0 fully saturated rings. The zero-order valence-corrected chi connectivity index (χ0v) is 11.1. The van der Waals surface area contributed by atoms with Crippen LogP contribution in [0.5, 0.6) is 0 Å². The molecule has 0 aliphatic heterocycles. The summed E-state index contributed by atoms with van der Waals surface area (Å²) in [4.78, 5) is 0. The fourth-order valence-electron chi connectivity index (χ4n) is 2.32. The number of hydrogen-bond acceptors (Lipinski definition) is 0. The molecule has 0 heterocycles. The SMILES string of the molecule is CC/C=C(\c1ccccc1)C(C)c1ccccc1. The average molecular weight is 236 g/mol. The maximum absolute atomic E-state index is 2.34. The molecule has 0 N–H and O–H groups in total. The summed E-state index contributed by atoms with van der Waals surface area (Å²) in [6.45, 7) is 4.48. The highest BCUT2D eigenvalue weighted by Gasteiger charge is 2.12. The van der Waals surface area contributed by atoms with E-state index >= 15 is 0 Å². The molecular weight excluding hydrogens is 216 g/mol. The zero-order valence-electron chi connectivity index (χ0n) is 11.1. The van der Waals surface area contributed by atoms with Crippen LogP contribution in [0, 0.1) is 0 Å². The topological polar surface area (TPSA) is 0 Å². The molecule has 1 unspecified atom stereocenters. The molecule has 0 aliphatic carbocycles. The predicted molar refractivity (Wildman–Crippen MR) is 79.6 cm³/mol. The van der Waals surface area contributed by atoms with E-state index in [9.17, 15) is 0 Å². The molecule has 0 aromatic heterocycles. The largest absolute Gasteiger partial charge is 0.0804 e. The van der Waals surface area contributed by atoms with Gasteiger partial charge in [-0.3, -0.25) is 0 Å². The van der Waals surface area contributed by atoms with Gasteiger partial charge in [0, 0.05) is 5.92 Å². The average Bonchev–Trinajstić information content (AvgIpc) is 2.46. The van der Waals surface area contributed by atoms with Crippen LogP contribution in [0.1, 0.15) is 37.3 Å². The Labute approximate surface area is 110 Å². The molecule has 2 rings (SSSR count). The fourth-order valence-corrected chi connectivity index (χ4v) is 2.32. The van der Waals surface area contributed by atoms with Crippen LogP contribution >= 0.6 is 0 Å². The lowest BCUT2D eigenvalue weighted by Gasteiger charge is -2.17. The standard InChI is InChI=1S/C18H20/c1-3-10-18(17-13-8-5-9-14-17)15(2)16-11-6-4-7-12-16/h4-15H,3H2,1-2H3/b18-10-. The van der Waals surface area contributed by atoms with Gasteiger partial charge in [-0.15, -0.1) is 0 Å². The highest BCUT2D eigenvalue weighted by molar-refractivity contribution is 5.71. The predicted octanol–water partition coefficient (Wildman–Crippen LogP) is 5.28. The van der Waals surface area contributed by atoms with E-state index in [4.69, 9.17) is 0 Å². The summed E-state index contributed by atoms with van der Waals surface area (Å²) < 4.78 is 0. The number of rotatable bonds is 4. The van der Waals surface area contributed by atoms with Crippen molar-refractivity contribution in [2.24, 2.45) is 0 Å². The van der Waals surface area contributed by atoms with Crippen molar-refractivity contribution in [3.8, 4) is 0 Å². The maximum Gasteiger partial charge on any atom is 0.00637 e. The van der Waals surface area contributed by atoms with E-state index < -0.39 is 0 Å². The summed E-state index contributed by atoms with van der Waals surface area (Å²) in [5.74, 6) is 0.438. The highest BCUT2D eigenvalue weighted by atomic mass is 14.2. The Morgan fingerprint density at radius 2 is 1.50 bits per heavy atom. The Balaban J connectivity index is 2.35. The van der Waals surface area contributed by atoms with Gasteiger partial charge in [0.25, 0.3) is 0 Å². The van der Waals surface area contributed by atoms with Gasteiger partial charge in [-0.05, 0) is 23.1 Å². The molecule has 0 nitrogen and oxygen atoms in total.